The summed E-state index contributed by atoms with van der Waals surface area (Å²) in [5.41, 5.74) is -0.448. The Morgan fingerprint density at radius 1 is 1.32 bits per heavy atom. The third kappa shape index (κ3) is 3.77. The Balaban J connectivity index is 1.95. The van der Waals surface area contributed by atoms with E-state index in [1.165, 1.54) is 17.4 Å². The van der Waals surface area contributed by atoms with Crippen LogP contribution in [0.3, 0.4) is 0 Å². The number of benzene rings is 1. The number of rotatable bonds is 3. The van der Waals surface area contributed by atoms with E-state index < -0.39 is 22.4 Å². The molecule has 0 spiro atoms. The molecule has 0 bridgehead atoms. The SMILES string of the molecule is CC1CN(c2ccc(C(F)(F)F)cc2[N+](=O)[O-])CC(c2ccsc2)O1. The van der Waals surface area contributed by atoms with Crippen LogP contribution in [0.15, 0.2) is 35.0 Å². The Kier molecular flexibility index (Phi) is 4.70. The van der Waals surface area contributed by atoms with Crippen LogP contribution in [0.1, 0.15) is 24.2 Å². The molecule has 1 aromatic carbocycles. The highest BCUT2D eigenvalue weighted by Crippen LogP contribution is 2.38. The van der Waals surface area contributed by atoms with Crippen molar-refractivity contribution >= 4 is 22.7 Å². The number of nitro groups is 1. The van der Waals surface area contributed by atoms with Crippen molar-refractivity contribution in [3.05, 3.63) is 56.3 Å². The minimum Gasteiger partial charge on any atom is -0.367 e. The predicted octanol–water partition coefficient (Wildman–Crippen LogP) is 4.64. The number of alkyl halides is 3. The monoisotopic (exact) mass is 372 g/mol. The van der Waals surface area contributed by atoms with Crippen LogP contribution in [0.2, 0.25) is 0 Å². The van der Waals surface area contributed by atoms with Crippen molar-refractivity contribution in [2.75, 3.05) is 18.0 Å². The zero-order valence-corrected chi connectivity index (χ0v) is 14.0. The van der Waals surface area contributed by atoms with Crippen molar-refractivity contribution < 1.29 is 22.8 Å². The summed E-state index contributed by atoms with van der Waals surface area (Å²) in [6, 6.07) is 4.55. The molecule has 2 heterocycles. The minimum absolute atomic E-state index is 0.174. The summed E-state index contributed by atoms with van der Waals surface area (Å²) in [4.78, 5) is 12.3. The summed E-state index contributed by atoms with van der Waals surface area (Å²) in [6.07, 6.45) is -5.11. The number of hydrogen-bond donors (Lipinski definition) is 0. The maximum atomic E-state index is 12.9. The predicted molar refractivity (Wildman–Crippen MR) is 87.9 cm³/mol. The molecule has 25 heavy (non-hydrogen) atoms. The molecule has 1 aromatic heterocycles. The molecule has 9 heteroatoms. The molecule has 0 saturated carbocycles. The highest BCUT2D eigenvalue weighted by atomic mass is 32.1. The molecule has 134 valence electrons. The molecule has 1 aliphatic heterocycles. The Morgan fingerprint density at radius 2 is 2.08 bits per heavy atom. The van der Waals surface area contributed by atoms with E-state index in [4.69, 9.17) is 4.74 Å². The van der Waals surface area contributed by atoms with Gasteiger partial charge in [-0.15, -0.1) is 0 Å². The lowest BCUT2D eigenvalue weighted by molar-refractivity contribution is -0.384. The largest absolute Gasteiger partial charge is 0.416 e. The molecular formula is C16H15F3N2O3S. The number of halogens is 3. The van der Waals surface area contributed by atoms with Gasteiger partial charge in [-0.05, 0) is 41.4 Å². The van der Waals surface area contributed by atoms with E-state index in [1.54, 1.807) is 4.90 Å². The molecule has 1 fully saturated rings. The van der Waals surface area contributed by atoms with Crippen molar-refractivity contribution in [1.82, 2.24) is 0 Å². The van der Waals surface area contributed by atoms with Gasteiger partial charge < -0.3 is 9.64 Å². The topological polar surface area (TPSA) is 55.6 Å². The van der Waals surface area contributed by atoms with E-state index in [-0.39, 0.29) is 17.9 Å². The second-order valence-electron chi connectivity index (χ2n) is 5.86. The van der Waals surface area contributed by atoms with Gasteiger partial charge in [0.1, 0.15) is 11.8 Å². The first-order valence-corrected chi connectivity index (χ1v) is 8.48. The molecule has 0 radical (unpaired) electrons. The zero-order valence-electron chi connectivity index (χ0n) is 13.2. The number of nitro benzene ring substituents is 1. The molecular weight excluding hydrogens is 357 g/mol. The maximum Gasteiger partial charge on any atom is 0.416 e. The highest BCUT2D eigenvalue weighted by molar-refractivity contribution is 7.07. The van der Waals surface area contributed by atoms with Gasteiger partial charge in [0.15, 0.2) is 0 Å². The van der Waals surface area contributed by atoms with Gasteiger partial charge in [0, 0.05) is 19.2 Å². The molecule has 1 saturated heterocycles. The molecule has 2 atom stereocenters. The van der Waals surface area contributed by atoms with Gasteiger partial charge in [0.25, 0.3) is 5.69 Å². The number of anilines is 1. The van der Waals surface area contributed by atoms with Crippen LogP contribution in [0, 0.1) is 10.1 Å². The normalized spacial score (nSPS) is 21.4. The molecule has 1 aliphatic rings. The lowest BCUT2D eigenvalue weighted by Gasteiger charge is -2.37. The van der Waals surface area contributed by atoms with E-state index in [2.05, 4.69) is 0 Å². The maximum absolute atomic E-state index is 12.9. The first-order valence-electron chi connectivity index (χ1n) is 7.54. The van der Waals surface area contributed by atoms with E-state index in [1.807, 2.05) is 23.8 Å². The number of thiophene rings is 1. The summed E-state index contributed by atoms with van der Waals surface area (Å²) in [6.45, 7) is 2.54. The summed E-state index contributed by atoms with van der Waals surface area (Å²) in [5.74, 6) is 0. The highest BCUT2D eigenvalue weighted by Gasteiger charge is 2.35. The van der Waals surface area contributed by atoms with Crippen LogP contribution in [0.5, 0.6) is 0 Å². The fourth-order valence-electron chi connectivity index (χ4n) is 2.90. The third-order valence-corrected chi connectivity index (χ3v) is 4.72. The van der Waals surface area contributed by atoms with E-state index in [9.17, 15) is 23.3 Å². The summed E-state index contributed by atoms with van der Waals surface area (Å²) in [5, 5.41) is 15.2. The molecule has 2 aromatic rings. The van der Waals surface area contributed by atoms with Crippen molar-refractivity contribution in [3.63, 3.8) is 0 Å². The molecule has 2 unspecified atom stereocenters. The van der Waals surface area contributed by atoms with Gasteiger partial charge >= 0.3 is 6.18 Å². The zero-order chi connectivity index (χ0) is 18.2. The lowest BCUT2D eigenvalue weighted by atomic mass is 10.1. The van der Waals surface area contributed by atoms with Crippen LogP contribution >= 0.6 is 11.3 Å². The Bertz CT molecular complexity index is 764. The smallest absolute Gasteiger partial charge is 0.367 e. The second-order valence-corrected chi connectivity index (χ2v) is 6.64. The standard InChI is InChI=1S/C16H15F3N2O3S/c1-10-7-20(8-15(24-10)11-4-5-25-9-11)13-3-2-12(16(17,18)19)6-14(13)21(22)23/h2-6,9-10,15H,7-8H2,1H3. The number of nitrogens with zero attached hydrogens (tertiary/aromatic N) is 2. The first-order chi connectivity index (χ1) is 11.8. The Labute approximate surface area is 145 Å². The van der Waals surface area contributed by atoms with Crippen molar-refractivity contribution in [1.29, 1.82) is 0 Å². The van der Waals surface area contributed by atoms with Crippen LogP contribution in [0.25, 0.3) is 0 Å². The van der Waals surface area contributed by atoms with Crippen LogP contribution in [-0.2, 0) is 10.9 Å². The molecule has 0 amide bonds. The third-order valence-electron chi connectivity index (χ3n) is 4.02. The average Bonchev–Trinajstić information content (AvgIpc) is 3.07. The molecule has 3 rings (SSSR count). The van der Waals surface area contributed by atoms with Gasteiger partial charge in [-0.1, -0.05) is 0 Å². The van der Waals surface area contributed by atoms with Crippen LogP contribution in [-0.4, -0.2) is 24.1 Å². The average molecular weight is 372 g/mol. The quantitative estimate of drug-likeness (QED) is 0.582. The summed E-state index contributed by atoms with van der Waals surface area (Å²) >= 11 is 1.51. The number of morpholine rings is 1. The minimum atomic E-state index is -4.62. The van der Waals surface area contributed by atoms with Crippen LogP contribution in [0.4, 0.5) is 24.5 Å². The van der Waals surface area contributed by atoms with E-state index in [0.29, 0.717) is 19.2 Å². The lowest BCUT2D eigenvalue weighted by Crippen LogP contribution is -2.43. The van der Waals surface area contributed by atoms with Crippen molar-refractivity contribution in [2.45, 2.75) is 25.3 Å². The number of ether oxygens (including phenoxy) is 1. The van der Waals surface area contributed by atoms with Crippen molar-refractivity contribution in [2.24, 2.45) is 0 Å². The summed E-state index contributed by atoms with van der Waals surface area (Å²) in [7, 11) is 0. The Hall–Kier alpha value is -2.13. The van der Waals surface area contributed by atoms with E-state index in [0.717, 1.165) is 11.6 Å². The fourth-order valence-corrected chi connectivity index (χ4v) is 3.61. The first kappa shape index (κ1) is 17.7. The molecule has 5 nitrogen and oxygen atoms in total. The second kappa shape index (κ2) is 6.64. The van der Waals surface area contributed by atoms with Crippen LogP contribution < -0.4 is 4.90 Å². The fraction of sp³-hybridized carbons (Fsp3) is 0.375. The summed E-state index contributed by atoms with van der Waals surface area (Å²) < 4.78 is 44.5. The van der Waals surface area contributed by atoms with Gasteiger partial charge in [-0.3, -0.25) is 10.1 Å². The van der Waals surface area contributed by atoms with Gasteiger partial charge in [-0.25, -0.2) is 0 Å². The molecule has 0 aliphatic carbocycles. The Morgan fingerprint density at radius 3 is 2.68 bits per heavy atom. The van der Waals surface area contributed by atoms with Gasteiger partial charge in [0.2, 0.25) is 0 Å². The molecule has 0 N–H and O–H groups in total. The van der Waals surface area contributed by atoms with Gasteiger partial charge in [-0.2, -0.15) is 24.5 Å². The number of hydrogen-bond acceptors (Lipinski definition) is 5. The van der Waals surface area contributed by atoms with E-state index >= 15 is 0 Å². The van der Waals surface area contributed by atoms with Gasteiger partial charge in [0.05, 0.1) is 16.6 Å². The van der Waals surface area contributed by atoms with Crippen molar-refractivity contribution in [3.8, 4) is 0 Å².